The standard InChI is InChI=1S/C21H25F2N5O2/c1-12-10-13(2)28(25-12)9-6-18(29)27-7-4-15(5-8-27)17-11-16(20(22)23)19-14(3)26-30-21(19)24-17/h10-11,15,20H,4-9H2,1-3H3. The molecule has 0 spiro atoms. The second-order valence-electron chi connectivity index (χ2n) is 7.94. The fraction of sp³-hybridized carbons (Fsp3) is 0.524. The van der Waals surface area contributed by atoms with Gasteiger partial charge in [-0.25, -0.2) is 13.8 Å². The number of amides is 1. The van der Waals surface area contributed by atoms with Crippen LogP contribution < -0.4 is 0 Å². The molecule has 0 aromatic carbocycles. The number of nitrogens with zero attached hydrogens (tertiary/aromatic N) is 5. The average molecular weight is 417 g/mol. The van der Waals surface area contributed by atoms with Gasteiger partial charge in [-0.3, -0.25) is 9.48 Å². The van der Waals surface area contributed by atoms with Crippen LogP contribution >= 0.6 is 0 Å². The highest BCUT2D eigenvalue weighted by atomic mass is 19.3. The molecule has 0 saturated carbocycles. The Bertz CT molecular complexity index is 1070. The molecular weight excluding hydrogens is 392 g/mol. The van der Waals surface area contributed by atoms with E-state index in [4.69, 9.17) is 4.52 Å². The molecule has 1 aliphatic heterocycles. The minimum Gasteiger partial charge on any atom is -0.343 e. The molecule has 160 valence electrons. The molecule has 9 heteroatoms. The zero-order chi connectivity index (χ0) is 21.4. The van der Waals surface area contributed by atoms with Gasteiger partial charge in [0, 0.05) is 48.9 Å². The molecule has 1 amide bonds. The van der Waals surface area contributed by atoms with Crippen LogP contribution in [0.5, 0.6) is 0 Å². The Morgan fingerprint density at radius 3 is 2.60 bits per heavy atom. The van der Waals surface area contributed by atoms with Gasteiger partial charge in [-0.05, 0) is 45.7 Å². The highest BCUT2D eigenvalue weighted by Gasteiger charge is 2.27. The Kier molecular flexibility index (Phi) is 5.53. The maximum absolute atomic E-state index is 13.6. The normalized spacial score (nSPS) is 15.5. The first kappa shape index (κ1) is 20.4. The fourth-order valence-corrected chi connectivity index (χ4v) is 4.21. The third-order valence-electron chi connectivity index (χ3n) is 5.81. The minimum absolute atomic E-state index is 0.0114. The Balaban J connectivity index is 1.40. The molecule has 1 aliphatic rings. The van der Waals surface area contributed by atoms with E-state index in [0.29, 0.717) is 55.7 Å². The number of aromatic nitrogens is 4. The highest BCUT2D eigenvalue weighted by Crippen LogP contribution is 2.34. The number of pyridine rings is 1. The SMILES string of the molecule is Cc1cc(C)n(CCC(=O)N2CCC(c3cc(C(F)F)c4c(C)noc4n3)CC2)n1. The van der Waals surface area contributed by atoms with E-state index in [1.165, 1.54) is 6.07 Å². The first-order valence-electron chi connectivity index (χ1n) is 10.2. The number of carbonyl (C=O) groups is 1. The third-order valence-corrected chi connectivity index (χ3v) is 5.81. The third kappa shape index (κ3) is 3.93. The van der Waals surface area contributed by atoms with E-state index in [9.17, 15) is 13.6 Å². The number of fused-ring (bicyclic) bond motifs is 1. The summed E-state index contributed by atoms with van der Waals surface area (Å²) < 4.78 is 34.1. The van der Waals surface area contributed by atoms with Gasteiger partial charge in [0.1, 0.15) is 0 Å². The molecule has 3 aromatic rings. The summed E-state index contributed by atoms with van der Waals surface area (Å²) in [6, 6.07) is 3.46. The van der Waals surface area contributed by atoms with Gasteiger partial charge in [0.05, 0.1) is 16.8 Å². The highest BCUT2D eigenvalue weighted by molar-refractivity contribution is 5.80. The number of likely N-dealkylation sites (tertiary alicyclic amines) is 1. The second kappa shape index (κ2) is 8.12. The minimum atomic E-state index is -2.62. The van der Waals surface area contributed by atoms with Crippen LogP contribution in [0.15, 0.2) is 16.7 Å². The van der Waals surface area contributed by atoms with Gasteiger partial charge in [-0.15, -0.1) is 0 Å². The molecule has 0 atom stereocenters. The number of carbonyl (C=O) groups excluding carboxylic acids is 1. The van der Waals surface area contributed by atoms with Crippen molar-refractivity contribution < 1.29 is 18.1 Å². The van der Waals surface area contributed by atoms with Crippen molar-refractivity contribution in [2.24, 2.45) is 0 Å². The molecule has 1 fully saturated rings. The Hall–Kier alpha value is -2.84. The van der Waals surface area contributed by atoms with Crippen molar-refractivity contribution in [1.82, 2.24) is 24.8 Å². The quantitative estimate of drug-likeness (QED) is 0.625. The van der Waals surface area contributed by atoms with Crippen molar-refractivity contribution in [3.63, 3.8) is 0 Å². The number of halogens is 2. The largest absolute Gasteiger partial charge is 0.343 e. The number of alkyl halides is 2. The summed E-state index contributed by atoms with van der Waals surface area (Å²) in [5.74, 6) is 0.0981. The zero-order valence-electron chi connectivity index (χ0n) is 17.4. The van der Waals surface area contributed by atoms with Crippen LogP contribution in [0.4, 0.5) is 8.78 Å². The molecule has 1 saturated heterocycles. The van der Waals surface area contributed by atoms with Gasteiger partial charge < -0.3 is 9.42 Å². The van der Waals surface area contributed by atoms with Crippen LogP contribution in [-0.2, 0) is 11.3 Å². The van der Waals surface area contributed by atoms with Crippen molar-refractivity contribution >= 4 is 17.0 Å². The first-order chi connectivity index (χ1) is 14.3. The lowest BCUT2D eigenvalue weighted by atomic mass is 9.91. The number of piperidine rings is 1. The van der Waals surface area contributed by atoms with Crippen molar-refractivity contribution in [1.29, 1.82) is 0 Å². The molecule has 4 rings (SSSR count). The second-order valence-corrected chi connectivity index (χ2v) is 7.94. The lowest BCUT2D eigenvalue weighted by molar-refractivity contribution is -0.132. The Morgan fingerprint density at radius 1 is 1.23 bits per heavy atom. The summed E-state index contributed by atoms with van der Waals surface area (Å²) in [4.78, 5) is 18.9. The average Bonchev–Trinajstić information content (AvgIpc) is 3.26. The van der Waals surface area contributed by atoms with E-state index in [0.717, 1.165) is 11.4 Å². The zero-order valence-corrected chi connectivity index (χ0v) is 17.4. The van der Waals surface area contributed by atoms with Gasteiger partial charge in [-0.1, -0.05) is 5.16 Å². The number of aryl methyl sites for hydroxylation is 4. The van der Waals surface area contributed by atoms with Crippen LogP contribution in [0.2, 0.25) is 0 Å². The summed E-state index contributed by atoms with van der Waals surface area (Å²) in [5.41, 5.74) is 3.06. The van der Waals surface area contributed by atoms with E-state index in [1.807, 2.05) is 29.5 Å². The number of hydrogen-bond donors (Lipinski definition) is 0. The maximum atomic E-state index is 13.6. The molecular formula is C21H25F2N5O2. The summed E-state index contributed by atoms with van der Waals surface area (Å²) in [5, 5.41) is 8.47. The smallest absolute Gasteiger partial charge is 0.264 e. The van der Waals surface area contributed by atoms with Crippen LogP contribution in [0.3, 0.4) is 0 Å². The molecule has 0 N–H and O–H groups in total. The van der Waals surface area contributed by atoms with Gasteiger partial charge >= 0.3 is 0 Å². The van der Waals surface area contributed by atoms with E-state index >= 15 is 0 Å². The summed E-state index contributed by atoms with van der Waals surface area (Å²) in [7, 11) is 0. The lowest BCUT2D eigenvalue weighted by Crippen LogP contribution is -2.38. The fourth-order valence-electron chi connectivity index (χ4n) is 4.21. The summed E-state index contributed by atoms with van der Waals surface area (Å²) in [6.07, 6.45) is -0.868. The molecule has 3 aromatic heterocycles. The van der Waals surface area contributed by atoms with Gasteiger partial charge in [0.25, 0.3) is 12.1 Å². The summed E-state index contributed by atoms with van der Waals surface area (Å²) in [6.45, 7) is 7.26. The van der Waals surface area contributed by atoms with Crippen LogP contribution in [-0.4, -0.2) is 43.8 Å². The molecule has 0 radical (unpaired) electrons. The van der Waals surface area contributed by atoms with Crippen molar-refractivity contribution in [3.05, 3.63) is 40.5 Å². The van der Waals surface area contributed by atoms with E-state index < -0.39 is 6.43 Å². The first-order valence-corrected chi connectivity index (χ1v) is 10.2. The van der Waals surface area contributed by atoms with Crippen molar-refractivity contribution in [2.45, 2.75) is 58.9 Å². The monoisotopic (exact) mass is 417 g/mol. The van der Waals surface area contributed by atoms with Gasteiger partial charge in [-0.2, -0.15) is 5.10 Å². The van der Waals surface area contributed by atoms with Gasteiger partial charge in [0.15, 0.2) is 0 Å². The van der Waals surface area contributed by atoms with E-state index in [-0.39, 0.29) is 23.1 Å². The summed E-state index contributed by atoms with van der Waals surface area (Å²) >= 11 is 0. The molecule has 30 heavy (non-hydrogen) atoms. The van der Waals surface area contributed by atoms with E-state index in [2.05, 4.69) is 15.2 Å². The topological polar surface area (TPSA) is 77.0 Å². The predicted molar refractivity (Wildman–Crippen MR) is 106 cm³/mol. The van der Waals surface area contributed by atoms with E-state index in [1.54, 1.807) is 6.92 Å². The Morgan fingerprint density at radius 2 is 1.97 bits per heavy atom. The maximum Gasteiger partial charge on any atom is 0.264 e. The van der Waals surface area contributed by atoms with Crippen molar-refractivity contribution in [3.8, 4) is 0 Å². The number of hydrogen-bond acceptors (Lipinski definition) is 5. The van der Waals surface area contributed by atoms with Gasteiger partial charge in [0.2, 0.25) is 5.91 Å². The lowest BCUT2D eigenvalue weighted by Gasteiger charge is -2.32. The molecule has 4 heterocycles. The van der Waals surface area contributed by atoms with Crippen LogP contribution in [0.1, 0.15) is 59.9 Å². The Labute approximate surface area is 173 Å². The van der Waals surface area contributed by atoms with Crippen LogP contribution in [0, 0.1) is 20.8 Å². The number of rotatable bonds is 5. The molecule has 0 aliphatic carbocycles. The van der Waals surface area contributed by atoms with Crippen molar-refractivity contribution in [2.75, 3.05) is 13.1 Å². The predicted octanol–water partition coefficient (Wildman–Crippen LogP) is 4.08. The molecule has 0 bridgehead atoms. The molecule has 7 nitrogen and oxygen atoms in total. The van der Waals surface area contributed by atoms with Crippen LogP contribution in [0.25, 0.3) is 11.1 Å². The molecule has 0 unspecified atom stereocenters.